The van der Waals surface area contributed by atoms with Crippen LogP contribution in [0.25, 0.3) is 17.2 Å². The number of halogens is 4. The van der Waals surface area contributed by atoms with Crippen molar-refractivity contribution in [3.63, 3.8) is 0 Å². The van der Waals surface area contributed by atoms with Gasteiger partial charge in [-0.05, 0) is 18.4 Å². The van der Waals surface area contributed by atoms with Crippen molar-refractivity contribution in [2.24, 2.45) is 5.92 Å². The third-order valence-electron chi connectivity index (χ3n) is 5.60. The zero-order valence-corrected chi connectivity index (χ0v) is 16.9. The largest absolute Gasteiger partial charge is 0.434 e. The van der Waals surface area contributed by atoms with Crippen LogP contribution in [-0.2, 0) is 6.18 Å². The molecule has 1 N–H and O–H groups in total. The van der Waals surface area contributed by atoms with E-state index in [9.17, 15) is 17.6 Å². The van der Waals surface area contributed by atoms with Gasteiger partial charge in [0.1, 0.15) is 11.5 Å². The van der Waals surface area contributed by atoms with Gasteiger partial charge < -0.3 is 4.90 Å². The Labute approximate surface area is 179 Å². The van der Waals surface area contributed by atoms with Gasteiger partial charge in [-0.1, -0.05) is 6.92 Å². The molecule has 5 heterocycles. The number of fused-ring (bicyclic) bond motifs is 1. The van der Waals surface area contributed by atoms with Gasteiger partial charge in [0, 0.05) is 43.2 Å². The fourth-order valence-corrected chi connectivity index (χ4v) is 4.18. The van der Waals surface area contributed by atoms with E-state index in [1.165, 1.54) is 10.6 Å². The van der Waals surface area contributed by atoms with E-state index in [0.717, 1.165) is 18.8 Å². The van der Waals surface area contributed by atoms with Gasteiger partial charge >= 0.3 is 6.18 Å². The molecule has 0 aliphatic carbocycles. The number of aromatic nitrogens is 7. The van der Waals surface area contributed by atoms with Crippen molar-refractivity contribution in [1.29, 1.82) is 0 Å². The van der Waals surface area contributed by atoms with Crippen molar-refractivity contribution in [2.45, 2.75) is 25.4 Å². The van der Waals surface area contributed by atoms with Crippen LogP contribution in [0.5, 0.6) is 0 Å². The van der Waals surface area contributed by atoms with Gasteiger partial charge in [0.05, 0.1) is 12.4 Å². The van der Waals surface area contributed by atoms with E-state index < -0.39 is 17.8 Å². The van der Waals surface area contributed by atoms with E-state index in [0.29, 0.717) is 30.2 Å². The molecule has 1 aliphatic rings. The number of nitrogens with one attached hydrogen (secondary N) is 1. The summed E-state index contributed by atoms with van der Waals surface area (Å²) >= 11 is 0. The van der Waals surface area contributed by atoms with Gasteiger partial charge in [0.15, 0.2) is 17.2 Å². The molecule has 0 bridgehead atoms. The Morgan fingerprint density at radius 1 is 1.12 bits per heavy atom. The summed E-state index contributed by atoms with van der Waals surface area (Å²) in [6.45, 7) is 3.32. The number of anilines is 1. The van der Waals surface area contributed by atoms with Crippen molar-refractivity contribution < 1.29 is 17.6 Å². The number of H-pyrrole nitrogens is 1. The number of piperidine rings is 1. The summed E-state index contributed by atoms with van der Waals surface area (Å²) in [5, 5.41) is 6.15. The summed E-state index contributed by atoms with van der Waals surface area (Å²) in [4.78, 5) is 18.4. The third-order valence-corrected chi connectivity index (χ3v) is 5.60. The molecule has 1 fully saturated rings. The minimum atomic E-state index is -4.58. The molecule has 0 amide bonds. The van der Waals surface area contributed by atoms with Crippen LogP contribution in [0.3, 0.4) is 0 Å². The van der Waals surface area contributed by atoms with Crippen LogP contribution in [0.2, 0.25) is 0 Å². The molecule has 1 saturated heterocycles. The summed E-state index contributed by atoms with van der Waals surface area (Å²) in [6.07, 6.45) is 2.72. The topological polar surface area (TPSA) is 87.9 Å². The zero-order valence-electron chi connectivity index (χ0n) is 16.9. The fraction of sp³-hybridized carbons (Fsp3) is 0.350. The lowest BCUT2D eigenvalue weighted by Crippen LogP contribution is -2.39. The normalized spacial score (nSPS) is 19.6. The second kappa shape index (κ2) is 7.53. The Bertz CT molecular complexity index is 1260. The molecule has 5 rings (SSSR count). The number of aromatic amines is 1. The Morgan fingerprint density at radius 3 is 2.72 bits per heavy atom. The number of alkyl halides is 3. The zero-order chi connectivity index (χ0) is 22.5. The maximum atomic E-state index is 14.0. The smallest absolute Gasteiger partial charge is 0.356 e. The molecule has 0 aromatic carbocycles. The number of nitrogens with zero attached hydrogens (tertiary/aromatic N) is 7. The maximum absolute atomic E-state index is 14.0. The van der Waals surface area contributed by atoms with Crippen LogP contribution in [-0.4, -0.2) is 47.6 Å². The van der Waals surface area contributed by atoms with Gasteiger partial charge in [-0.2, -0.15) is 17.6 Å². The van der Waals surface area contributed by atoms with E-state index in [1.807, 2.05) is 4.90 Å². The lowest BCUT2D eigenvalue weighted by Gasteiger charge is -2.37. The van der Waals surface area contributed by atoms with Crippen LogP contribution in [0.4, 0.5) is 23.4 Å². The number of imidazole rings is 1. The average molecular weight is 446 g/mol. The highest BCUT2D eigenvalue weighted by atomic mass is 19.4. The molecule has 12 heteroatoms. The molecule has 1 aliphatic heterocycles. The molecule has 0 unspecified atom stereocenters. The monoisotopic (exact) mass is 446 g/mol. The Hall–Kier alpha value is -3.57. The molecule has 4 aromatic rings. The summed E-state index contributed by atoms with van der Waals surface area (Å²) < 4.78 is 54.6. The Balaban J connectivity index is 1.49. The van der Waals surface area contributed by atoms with Crippen molar-refractivity contribution in [1.82, 2.24) is 34.5 Å². The quantitative estimate of drug-likeness (QED) is 0.483. The molecule has 32 heavy (non-hydrogen) atoms. The predicted octanol–water partition coefficient (Wildman–Crippen LogP) is 3.70. The lowest BCUT2D eigenvalue weighted by molar-refractivity contribution is -0.141. The van der Waals surface area contributed by atoms with E-state index in [-0.39, 0.29) is 23.3 Å². The molecule has 2 atom stereocenters. The summed E-state index contributed by atoms with van der Waals surface area (Å²) in [5.74, 6) is 0.547. The summed E-state index contributed by atoms with van der Waals surface area (Å²) in [7, 11) is 0. The van der Waals surface area contributed by atoms with Crippen molar-refractivity contribution in [3.05, 3.63) is 54.3 Å². The molecule has 0 radical (unpaired) electrons. The second-order valence-corrected chi connectivity index (χ2v) is 7.95. The first-order valence-electron chi connectivity index (χ1n) is 9.97. The first-order valence-corrected chi connectivity index (χ1v) is 9.97. The molecular weight excluding hydrogens is 428 g/mol. The van der Waals surface area contributed by atoms with Crippen molar-refractivity contribution in [3.8, 4) is 11.5 Å². The fourth-order valence-electron chi connectivity index (χ4n) is 4.18. The molecular formula is C20H18F4N8. The first-order chi connectivity index (χ1) is 15.3. The van der Waals surface area contributed by atoms with Crippen LogP contribution in [0.15, 0.2) is 37.1 Å². The highest BCUT2D eigenvalue weighted by molar-refractivity contribution is 5.58. The number of rotatable bonds is 3. The van der Waals surface area contributed by atoms with Crippen LogP contribution in [0.1, 0.15) is 30.5 Å². The van der Waals surface area contributed by atoms with Gasteiger partial charge in [-0.25, -0.2) is 19.9 Å². The van der Waals surface area contributed by atoms with Gasteiger partial charge in [-0.3, -0.25) is 9.50 Å². The first kappa shape index (κ1) is 20.3. The highest BCUT2D eigenvalue weighted by Gasteiger charge is 2.33. The van der Waals surface area contributed by atoms with Crippen LogP contribution >= 0.6 is 0 Å². The second-order valence-electron chi connectivity index (χ2n) is 7.95. The van der Waals surface area contributed by atoms with E-state index in [4.69, 9.17) is 0 Å². The van der Waals surface area contributed by atoms with Crippen LogP contribution in [0, 0.1) is 11.9 Å². The van der Waals surface area contributed by atoms with Crippen LogP contribution < -0.4 is 4.90 Å². The molecule has 0 spiro atoms. The molecule has 166 valence electrons. The van der Waals surface area contributed by atoms with E-state index in [1.54, 1.807) is 18.5 Å². The predicted molar refractivity (Wildman–Crippen MR) is 106 cm³/mol. The minimum absolute atomic E-state index is 0.0628. The lowest BCUT2D eigenvalue weighted by atomic mass is 9.86. The Kier molecular flexibility index (Phi) is 4.79. The molecule has 0 saturated carbocycles. The molecule has 8 nitrogen and oxygen atoms in total. The summed E-state index contributed by atoms with van der Waals surface area (Å²) in [6, 6.07) is 1.73. The minimum Gasteiger partial charge on any atom is -0.356 e. The average Bonchev–Trinajstić information content (AvgIpc) is 3.38. The van der Waals surface area contributed by atoms with Gasteiger partial charge in [0.25, 0.3) is 0 Å². The summed E-state index contributed by atoms with van der Waals surface area (Å²) in [5.41, 5.74) is 0.0707. The maximum Gasteiger partial charge on any atom is 0.434 e. The highest BCUT2D eigenvalue weighted by Crippen LogP contribution is 2.33. The van der Waals surface area contributed by atoms with Gasteiger partial charge in [0.2, 0.25) is 5.95 Å². The van der Waals surface area contributed by atoms with Gasteiger partial charge in [-0.15, -0.1) is 5.10 Å². The number of hydrogen-bond donors (Lipinski definition) is 1. The van der Waals surface area contributed by atoms with E-state index in [2.05, 4.69) is 37.1 Å². The third kappa shape index (κ3) is 3.65. The number of hydrogen-bond acceptors (Lipinski definition) is 6. The Morgan fingerprint density at radius 2 is 1.97 bits per heavy atom. The van der Waals surface area contributed by atoms with Crippen molar-refractivity contribution >= 4 is 11.5 Å². The SMILES string of the molecule is C[C@@H]1C[C@@H](c2c[nH]nc2F)CN(c2ccnc(-c3cnc4cnc(C(F)(F)F)cn34)n2)C1. The van der Waals surface area contributed by atoms with Crippen molar-refractivity contribution in [2.75, 3.05) is 18.0 Å². The van der Waals surface area contributed by atoms with E-state index >= 15 is 0 Å². The molecule has 4 aromatic heterocycles. The standard InChI is InChI=1S/C20H18F4N8/c1-11-4-12(13-5-28-30-18(13)21)9-31(8-11)16-2-3-25-19(29-16)14-6-27-17-7-26-15(10-32(14)17)20(22,23)24/h2-3,5-7,10-12H,4,8-9H2,1H3,(H,28,30)/t11-,12-/m1/s1.